The van der Waals surface area contributed by atoms with Gasteiger partial charge in [0.25, 0.3) is 0 Å². The van der Waals surface area contributed by atoms with E-state index in [-0.39, 0.29) is 0 Å². The molecule has 1 aromatic carbocycles. The number of rotatable bonds is 4. The van der Waals surface area contributed by atoms with Crippen molar-refractivity contribution in [3.05, 3.63) is 53.5 Å². The summed E-state index contributed by atoms with van der Waals surface area (Å²) in [6, 6.07) is 12.5. The number of aryl methyl sites for hydroxylation is 1. The van der Waals surface area contributed by atoms with Crippen molar-refractivity contribution in [3.8, 4) is 0 Å². The van der Waals surface area contributed by atoms with Crippen LogP contribution in [0.5, 0.6) is 0 Å². The van der Waals surface area contributed by atoms with Crippen LogP contribution in [0.15, 0.2) is 40.8 Å². The Morgan fingerprint density at radius 2 is 1.96 bits per heavy atom. The molecule has 1 aliphatic rings. The van der Waals surface area contributed by atoms with Crippen molar-refractivity contribution in [2.24, 2.45) is 0 Å². The van der Waals surface area contributed by atoms with Crippen LogP contribution in [0.3, 0.4) is 0 Å². The van der Waals surface area contributed by atoms with Gasteiger partial charge in [-0.25, -0.2) is 4.79 Å². The number of carbonyl (C=O) groups excluding carboxylic acids is 1. The standard InChI is InChI=1S/C19H24N2O3/c1-15-13-17(24-18(15)19(22)23-2)14-20-9-6-10-21(12-11-20)16-7-4-3-5-8-16/h3-5,7-8,13H,6,9-12,14H2,1-2H3. The van der Waals surface area contributed by atoms with Gasteiger partial charge in [0.05, 0.1) is 13.7 Å². The summed E-state index contributed by atoms with van der Waals surface area (Å²) in [5, 5.41) is 0. The SMILES string of the molecule is COC(=O)c1oc(CN2CCCN(c3ccccc3)CC2)cc1C. The molecule has 3 rings (SSSR count). The fourth-order valence-electron chi connectivity index (χ4n) is 3.17. The lowest BCUT2D eigenvalue weighted by Gasteiger charge is -2.23. The summed E-state index contributed by atoms with van der Waals surface area (Å²) < 4.78 is 10.4. The number of esters is 1. The fraction of sp³-hybridized carbons (Fsp3) is 0.421. The summed E-state index contributed by atoms with van der Waals surface area (Å²) in [4.78, 5) is 16.5. The number of carbonyl (C=O) groups is 1. The van der Waals surface area contributed by atoms with Crippen LogP contribution in [0, 0.1) is 6.92 Å². The number of hydrogen-bond acceptors (Lipinski definition) is 5. The Bertz CT molecular complexity index is 681. The molecule has 0 spiro atoms. The molecule has 128 valence electrons. The van der Waals surface area contributed by atoms with Crippen LogP contribution in [0.1, 0.15) is 28.3 Å². The zero-order valence-corrected chi connectivity index (χ0v) is 14.3. The molecule has 1 fully saturated rings. The van der Waals surface area contributed by atoms with Crippen molar-refractivity contribution in [1.29, 1.82) is 0 Å². The number of anilines is 1. The van der Waals surface area contributed by atoms with Crippen LogP contribution < -0.4 is 4.90 Å². The van der Waals surface area contributed by atoms with E-state index < -0.39 is 5.97 Å². The molecule has 2 heterocycles. The highest BCUT2D eigenvalue weighted by Gasteiger charge is 2.20. The summed E-state index contributed by atoms with van der Waals surface area (Å²) in [6.07, 6.45) is 1.11. The molecule has 0 radical (unpaired) electrons. The Labute approximate surface area is 142 Å². The number of methoxy groups -OCH3 is 1. The zero-order valence-electron chi connectivity index (χ0n) is 14.3. The lowest BCUT2D eigenvalue weighted by Crippen LogP contribution is -2.30. The van der Waals surface area contributed by atoms with E-state index in [1.807, 2.05) is 19.1 Å². The molecule has 0 aliphatic carbocycles. The highest BCUT2D eigenvalue weighted by molar-refractivity contribution is 5.87. The Hall–Kier alpha value is -2.27. The molecule has 0 amide bonds. The zero-order chi connectivity index (χ0) is 16.9. The molecule has 5 heteroatoms. The second-order valence-corrected chi connectivity index (χ2v) is 6.17. The first-order valence-electron chi connectivity index (χ1n) is 8.37. The van der Waals surface area contributed by atoms with Gasteiger partial charge in [-0.2, -0.15) is 0 Å². The van der Waals surface area contributed by atoms with E-state index in [4.69, 9.17) is 9.15 Å². The number of ether oxygens (including phenoxy) is 1. The predicted octanol–water partition coefficient (Wildman–Crippen LogP) is 3.09. The Kier molecular flexibility index (Phi) is 5.20. The molecule has 2 aromatic rings. The van der Waals surface area contributed by atoms with Crippen molar-refractivity contribution in [1.82, 2.24) is 4.90 Å². The maximum Gasteiger partial charge on any atom is 0.374 e. The molecular formula is C19H24N2O3. The van der Waals surface area contributed by atoms with Crippen LogP contribution in [0.4, 0.5) is 5.69 Å². The van der Waals surface area contributed by atoms with Gasteiger partial charge in [-0.05, 0) is 31.5 Å². The molecule has 24 heavy (non-hydrogen) atoms. The quantitative estimate of drug-likeness (QED) is 0.807. The Morgan fingerprint density at radius 1 is 1.17 bits per heavy atom. The molecule has 1 saturated heterocycles. The van der Waals surface area contributed by atoms with Gasteiger partial charge in [-0.1, -0.05) is 18.2 Å². The van der Waals surface area contributed by atoms with E-state index in [2.05, 4.69) is 34.1 Å². The molecule has 1 aliphatic heterocycles. The predicted molar refractivity (Wildman–Crippen MR) is 93.3 cm³/mol. The highest BCUT2D eigenvalue weighted by atomic mass is 16.5. The minimum Gasteiger partial charge on any atom is -0.463 e. The second kappa shape index (κ2) is 7.53. The van der Waals surface area contributed by atoms with Crippen LogP contribution in [-0.4, -0.2) is 44.2 Å². The maximum absolute atomic E-state index is 11.7. The molecule has 0 saturated carbocycles. The first kappa shape index (κ1) is 16.6. The van der Waals surface area contributed by atoms with Crippen LogP contribution in [-0.2, 0) is 11.3 Å². The first-order valence-corrected chi connectivity index (χ1v) is 8.37. The van der Waals surface area contributed by atoms with Gasteiger partial charge in [-0.3, -0.25) is 4.90 Å². The van der Waals surface area contributed by atoms with Gasteiger partial charge >= 0.3 is 5.97 Å². The normalized spacial score (nSPS) is 16.0. The third kappa shape index (κ3) is 3.79. The van der Waals surface area contributed by atoms with Crippen molar-refractivity contribution in [2.45, 2.75) is 19.9 Å². The van der Waals surface area contributed by atoms with Gasteiger partial charge < -0.3 is 14.1 Å². The molecule has 0 atom stereocenters. The van der Waals surface area contributed by atoms with Gasteiger partial charge in [0.15, 0.2) is 0 Å². The molecule has 0 unspecified atom stereocenters. The van der Waals surface area contributed by atoms with Crippen molar-refractivity contribution in [2.75, 3.05) is 38.2 Å². The van der Waals surface area contributed by atoms with Crippen molar-refractivity contribution in [3.63, 3.8) is 0 Å². The first-order chi connectivity index (χ1) is 11.7. The highest BCUT2D eigenvalue weighted by Crippen LogP contribution is 2.20. The van der Waals surface area contributed by atoms with Crippen LogP contribution in [0.2, 0.25) is 0 Å². The number of hydrogen-bond donors (Lipinski definition) is 0. The summed E-state index contributed by atoms with van der Waals surface area (Å²) >= 11 is 0. The molecular weight excluding hydrogens is 304 g/mol. The largest absolute Gasteiger partial charge is 0.463 e. The van der Waals surface area contributed by atoms with E-state index in [0.717, 1.165) is 50.5 Å². The lowest BCUT2D eigenvalue weighted by molar-refractivity contribution is 0.0560. The fourth-order valence-corrected chi connectivity index (χ4v) is 3.17. The van der Waals surface area contributed by atoms with Crippen molar-refractivity contribution < 1.29 is 13.9 Å². The van der Waals surface area contributed by atoms with E-state index in [0.29, 0.717) is 5.76 Å². The second-order valence-electron chi connectivity index (χ2n) is 6.17. The van der Waals surface area contributed by atoms with E-state index >= 15 is 0 Å². The number of furan rings is 1. The van der Waals surface area contributed by atoms with Gasteiger partial charge in [0.1, 0.15) is 5.76 Å². The third-order valence-corrected chi connectivity index (χ3v) is 4.43. The summed E-state index contributed by atoms with van der Waals surface area (Å²) in [6.45, 7) is 6.65. The third-order valence-electron chi connectivity index (χ3n) is 4.43. The molecule has 5 nitrogen and oxygen atoms in total. The topological polar surface area (TPSA) is 45.9 Å². The maximum atomic E-state index is 11.7. The van der Waals surface area contributed by atoms with Crippen LogP contribution >= 0.6 is 0 Å². The monoisotopic (exact) mass is 328 g/mol. The van der Waals surface area contributed by atoms with Gasteiger partial charge in [-0.15, -0.1) is 0 Å². The number of para-hydroxylation sites is 1. The lowest BCUT2D eigenvalue weighted by atomic mass is 10.2. The molecule has 1 aromatic heterocycles. The average molecular weight is 328 g/mol. The summed E-state index contributed by atoms with van der Waals surface area (Å²) in [5.41, 5.74) is 2.11. The van der Waals surface area contributed by atoms with E-state index in [1.165, 1.54) is 12.8 Å². The number of benzene rings is 1. The molecule has 0 bridgehead atoms. The molecule has 0 N–H and O–H groups in total. The minimum atomic E-state index is -0.412. The Morgan fingerprint density at radius 3 is 2.71 bits per heavy atom. The van der Waals surface area contributed by atoms with Crippen LogP contribution in [0.25, 0.3) is 0 Å². The number of nitrogens with zero attached hydrogens (tertiary/aromatic N) is 2. The smallest absolute Gasteiger partial charge is 0.374 e. The van der Waals surface area contributed by atoms with Gasteiger partial charge in [0.2, 0.25) is 5.76 Å². The summed E-state index contributed by atoms with van der Waals surface area (Å²) in [7, 11) is 1.37. The summed E-state index contributed by atoms with van der Waals surface area (Å²) in [5.74, 6) is 0.721. The Balaban J connectivity index is 1.62. The van der Waals surface area contributed by atoms with E-state index in [1.54, 1.807) is 0 Å². The van der Waals surface area contributed by atoms with Crippen molar-refractivity contribution >= 4 is 11.7 Å². The van der Waals surface area contributed by atoms with E-state index in [9.17, 15) is 4.79 Å². The van der Waals surface area contributed by atoms with Gasteiger partial charge in [0, 0.05) is 37.4 Å². The average Bonchev–Trinajstić information content (AvgIpc) is 2.82. The minimum absolute atomic E-state index is 0.313.